The van der Waals surface area contributed by atoms with Crippen molar-refractivity contribution in [3.05, 3.63) is 30.9 Å². The number of nitrogen functional groups attached to an aromatic ring is 1. The van der Waals surface area contributed by atoms with Crippen LogP contribution in [-0.4, -0.2) is 16.3 Å². The minimum Gasteiger partial charge on any atom is -0.396 e. The molecule has 68 valence electrons. The first-order valence-corrected chi connectivity index (χ1v) is 4.58. The highest BCUT2D eigenvalue weighted by Gasteiger charge is 2.14. The summed E-state index contributed by atoms with van der Waals surface area (Å²) in [5.74, 6) is 0. The third-order valence-corrected chi connectivity index (χ3v) is 2.57. The quantitative estimate of drug-likeness (QED) is 0.685. The van der Waals surface area contributed by atoms with Crippen LogP contribution in [0.5, 0.6) is 0 Å². The maximum Gasteiger partial charge on any atom is 0.0796 e. The maximum absolute atomic E-state index is 5.78. The second-order valence-corrected chi connectivity index (χ2v) is 3.82. The Morgan fingerprint density at radius 1 is 1.46 bits per heavy atom. The highest BCUT2D eigenvalue weighted by Crippen LogP contribution is 2.32. The van der Waals surface area contributed by atoms with Crippen molar-refractivity contribution in [2.45, 2.75) is 0 Å². The Morgan fingerprint density at radius 2 is 2.31 bits per heavy atom. The largest absolute Gasteiger partial charge is 0.396 e. The van der Waals surface area contributed by atoms with Crippen molar-refractivity contribution in [2.75, 3.05) is 17.1 Å². The zero-order valence-corrected chi connectivity index (χ0v) is 8.03. The van der Waals surface area contributed by atoms with Crippen LogP contribution in [0.3, 0.4) is 0 Å². The summed E-state index contributed by atoms with van der Waals surface area (Å²) in [6.07, 6.45) is 7.33. The highest BCUT2D eigenvalue weighted by molar-refractivity contribution is 7.98. The first-order chi connectivity index (χ1) is 6.27. The van der Waals surface area contributed by atoms with Crippen molar-refractivity contribution in [1.82, 2.24) is 9.29 Å². The van der Waals surface area contributed by atoms with Crippen LogP contribution >= 0.6 is 12.1 Å². The molecule has 0 saturated carbocycles. The van der Waals surface area contributed by atoms with Crippen LogP contribution < -0.4 is 10.0 Å². The molecule has 1 aliphatic rings. The predicted molar refractivity (Wildman–Crippen MR) is 55.6 cm³/mol. The molecule has 0 amide bonds. The first-order valence-electron chi connectivity index (χ1n) is 3.85. The number of nitrogens with two attached hydrogens (primary N) is 1. The zero-order chi connectivity index (χ0) is 9.26. The fourth-order valence-electron chi connectivity index (χ4n) is 1.07. The van der Waals surface area contributed by atoms with Crippen LogP contribution in [0.15, 0.2) is 30.9 Å². The molecular formula is C8H10N4S. The minimum absolute atomic E-state index is 0.690. The van der Waals surface area contributed by atoms with E-state index >= 15 is 0 Å². The van der Waals surface area contributed by atoms with Gasteiger partial charge in [0.15, 0.2) is 0 Å². The van der Waals surface area contributed by atoms with E-state index in [9.17, 15) is 0 Å². The van der Waals surface area contributed by atoms with Crippen molar-refractivity contribution in [3.8, 4) is 0 Å². The molecule has 13 heavy (non-hydrogen) atoms. The number of hydrogen-bond donors (Lipinski definition) is 1. The van der Waals surface area contributed by atoms with E-state index < -0.39 is 0 Å². The van der Waals surface area contributed by atoms with Crippen LogP contribution in [-0.2, 0) is 0 Å². The Bertz CT molecular complexity index is 339. The number of rotatable bonds is 1. The lowest BCUT2D eigenvalue weighted by atomic mass is 10.3. The average molecular weight is 194 g/mol. The van der Waals surface area contributed by atoms with Gasteiger partial charge in [0, 0.05) is 25.6 Å². The molecule has 2 N–H and O–H groups in total. The van der Waals surface area contributed by atoms with Gasteiger partial charge in [-0.05, 0) is 6.07 Å². The second-order valence-electron chi connectivity index (χ2n) is 2.69. The molecule has 1 aromatic heterocycles. The van der Waals surface area contributed by atoms with Crippen molar-refractivity contribution in [3.63, 3.8) is 0 Å². The topological polar surface area (TPSA) is 45.4 Å². The molecule has 0 atom stereocenters. The summed E-state index contributed by atoms with van der Waals surface area (Å²) >= 11 is 1.58. The van der Waals surface area contributed by atoms with Crippen molar-refractivity contribution >= 4 is 23.5 Å². The van der Waals surface area contributed by atoms with Gasteiger partial charge in [-0.25, -0.2) is 0 Å². The zero-order valence-electron chi connectivity index (χ0n) is 7.21. The summed E-state index contributed by atoms with van der Waals surface area (Å²) in [5, 5.41) is 0. The summed E-state index contributed by atoms with van der Waals surface area (Å²) in [7, 11) is 1.98. The van der Waals surface area contributed by atoms with E-state index in [1.54, 1.807) is 24.5 Å². The van der Waals surface area contributed by atoms with Gasteiger partial charge in [-0.2, -0.15) is 0 Å². The highest BCUT2D eigenvalue weighted by atomic mass is 32.2. The Hall–Kier alpha value is -1.36. The molecule has 0 radical (unpaired) electrons. The smallest absolute Gasteiger partial charge is 0.0796 e. The van der Waals surface area contributed by atoms with E-state index in [0.29, 0.717) is 5.69 Å². The van der Waals surface area contributed by atoms with Crippen LogP contribution in [0.1, 0.15) is 0 Å². The molecule has 0 aromatic carbocycles. The third-order valence-electron chi connectivity index (χ3n) is 1.69. The molecule has 2 rings (SSSR count). The van der Waals surface area contributed by atoms with E-state index in [4.69, 9.17) is 5.73 Å². The number of pyridine rings is 1. The van der Waals surface area contributed by atoms with Gasteiger partial charge in [0.1, 0.15) is 0 Å². The lowest BCUT2D eigenvalue weighted by molar-refractivity contribution is 0.788. The molecule has 0 bridgehead atoms. The number of aromatic nitrogens is 1. The summed E-state index contributed by atoms with van der Waals surface area (Å²) in [5.41, 5.74) is 7.44. The van der Waals surface area contributed by atoms with Gasteiger partial charge in [0.25, 0.3) is 0 Å². The Balaban J connectivity index is 2.27. The van der Waals surface area contributed by atoms with E-state index in [0.717, 1.165) is 5.69 Å². The van der Waals surface area contributed by atoms with Crippen molar-refractivity contribution in [2.24, 2.45) is 0 Å². The first kappa shape index (κ1) is 8.25. The summed E-state index contributed by atoms with van der Waals surface area (Å²) in [6, 6.07) is 1.89. The molecule has 0 aliphatic carbocycles. The monoisotopic (exact) mass is 194 g/mol. The molecule has 4 nitrogen and oxygen atoms in total. The van der Waals surface area contributed by atoms with Gasteiger partial charge in [0.2, 0.25) is 0 Å². The molecule has 2 heterocycles. The standard InChI is InChI=1S/C8H10N4S/c1-11-4-5-12(13-11)8-2-3-10-6-7(8)9/h2-6H,9H2,1H3. The van der Waals surface area contributed by atoms with Gasteiger partial charge in [-0.3, -0.25) is 9.29 Å². The summed E-state index contributed by atoms with van der Waals surface area (Å²) in [6.45, 7) is 0. The van der Waals surface area contributed by atoms with E-state index in [1.165, 1.54) is 0 Å². The number of hydrogen-bond acceptors (Lipinski definition) is 5. The van der Waals surface area contributed by atoms with E-state index in [2.05, 4.69) is 4.98 Å². The summed E-state index contributed by atoms with van der Waals surface area (Å²) in [4.78, 5) is 3.94. The van der Waals surface area contributed by atoms with Crippen LogP contribution in [0.2, 0.25) is 0 Å². The van der Waals surface area contributed by atoms with E-state index in [1.807, 2.05) is 34.1 Å². The predicted octanol–water partition coefficient (Wildman–Crippen LogP) is 1.45. The van der Waals surface area contributed by atoms with Gasteiger partial charge in [-0.15, -0.1) is 0 Å². The van der Waals surface area contributed by atoms with Crippen molar-refractivity contribution in [1.29, 1.82) is 0 Å². The lowest BCUT2D eigenvalue weighted by Crippen LogP contribution is -2.07. The SMILES string of the molecule is CN1C=CN(c2ccncc2N)S1. The number of nitrogens with zero attached hydrogens (tertiary/aromatic N) is 3. The van der Waals surface area contributed by atoms with Gasteiger partial charge >= 0.3 is 0 Å². The third kappa shape index (κ3) is 1.55. The average Bonchev–Trinajstić information content (AvgIpc) is 2.53. The second kappa shape index (κ2) is 3.18. The molecule has 0 unspecified atom stereocenters. The molecule has 0 fully saturated rings. The minimum atomic E-state index is 0.690. The molecule has 0 spiro atoms. The van der Waals surface area contributed by atoms with Crippen LogP contribution in [0.25, 0.3) is 0 Å². The fourth-order valence-corrected chi connectivity index (χ4v) is 1.82. The van der Waals surface area contributed by atoms with Crippen LogP contribution in [0, 0.1) is 0 Å². The Labute approximate surface area is 81.3 Å². The molecular weight excluding hydrogens is 184 g/mol. The van der Waals surface area contributed by atoms with Crippen molar-refractivity contribution < 1.29 is 0 Å². The van der Waals surface area contributed by atoms with Gasteiger partial charge in [-0.1, -0.05) is 0 Å². The molecule has 0 saturated heterocycles. The van der Waals surface area contributed by atoms with Crippen LogP contribution in [0.4, 0.5) is 11.4 Å². The lowest BCUT2D eigenvalue weighted by Gasteiger charge is -2.16. The molecule has 1 aromatic rings. The van der Waals surface area contributed by atoms with Gasteiger partial charge in [0.05, 0.1) is 29.7 Å². The Kier molecular flexibility index (Phi) is 2.02. The Morgan fingerprint density at radius 3 is 2.92 bits per heavy atom. The molecule has 1 aliphatic heterocycles. The normalized spacial score (nSPS) is 15.5. The van der Waals surface area contributed by atoms with E-state index in [-0.39, 0.29) is 0 Å². The summed E-state index contributed by atoms with van der Waals surface area (Å²) < 4.78 is 4.00. The maximum atomic E-state index is 5.78. The molecule has 5 heteroatoms. The fraction of sp³-hybridized carbons (Fsp3) is 0.125. The number of anilines is 2. The van der Waals surface area contributed by atoms with Gasteiger partial charge < -0.3 is 10.0 Å².